The van der Waals surface area contributed by atoms with Gasteiger partial charge in [-0.05, 0) is 61.6 Å². The third kappa shape index (κ3) is 6.09. The monoisotopic (exact) mass is 437 g/mol. The molecule has 2 aromatic carbocycles. The maximum absolute atomic E-state index is 12.5. The van der Waals surface area contributed by atoms with Crippen LogP contribution in [0.2, 0.25) is 0 Å². The predicted octanol–water partition coefficient (Wildman–Crippen LogP) is 3.53. The molecule has 0 bridgehead atoms. The Morgan fingerprint density at radius 3 is 2.34 bits per heavy atom. The molecule has 0 aromatic heterocycles. The van der Waals surface area contributed by atoms with Gasteiger partial charge in [0.15, 0.2) is 6.61 Å². The van der Waals surface area contributed by atoms with E-state index in [1.807, 2.05) is 39.0 Å². The number of benzene rings is 2. The van der Waals surface area contributed by atoms with Crippen molar-refractivity contribution in [1.29, 1.82) is 0 Å². The Hall–Kier alpha value is -3.35. The Morgan fingerprint density at radius 2 is 1.72 bits per heavy atom. The first-order valence-corrected chi connectivity index (χ1v) is 11.0. The second-order valence-corrected chi connectivity index (χ2v) is 8.41. The average Bonchev–Trinajstić information content (AvgIpc) is 3.32. The third-order valence-corrected chi connectivity index (χ3v) is 5.54. The molecule has 0 radical (unpaired) electrons. The molecule has 0 aliphatic carbocycles. The van der Waals surface area contributed by atoms with E-state index < -0.39 is 24.5 Å². The number of ether oxygens (including phenoxy) is 1. The molecule has 1 atom stereocenters. The van der Waals surface area contributed by atoms with Gasteiger partial charge in [0, 0.05) is 30.0 Å². The van der Waals surface area contributed by atoms with E-state index in [4.69, 9.17) is 4.74 Å². The third-order valence-electron chi connectivity index (χ3n) is 5.54. The van der Waals surface area contributed by atoms with Crippen LogP contribution < -0.4 is 15.5 Å². The number of esters is 1. The number of hydrogen-bond donors (Lipinski definition) is 2. The lowest BCUT2D eigenvalue weighted by atomic mass is 10.0. The summed E-state index contributed by atoms with van der Waals surface area (Å²) in [6.07, 6.45) is 2.40. The number of aryl methyl sites for hydroxylation is 1. The fourth-order valence-corrected chi connectivity index (χ4v) is 3.68. The molecule has 7 nitrogen and oxygen atoms in total. The molecular weight excluding hydrogens is 406 g/mol. The van der Waals surface area contributed by atoms with Crippen molar-refractivity contribution in [3.05, 3.63) is 59.7 Å². The van der Waals surface area contributed by atoms with Gasteiger partial charge in [-0.1, -0.05) is 32.0 Å². The number of anilines is 2. The van der Waals surface area contributed by atoms with E-state index in [-0.39, 0.29) is 11.8 Å². The molecule has 1 saturated heterocycles. The molecule has 0 unspecified atom stereocenters. The maximum Gasteiger partial charge on any atom is 0.329 e. The Kier molecular flexibility index (Phi) is 7.87. The van der Waals surface area contributed by atoms with Gasteiger partial charge in [0.05, 0.1) is 0 Å². The largest absolute Gasteiger partial charge is 0.454 e. The second kappa shape index (κ2) is 10.8. The lowest BCUT2D eigenvalue weighted by Gasteiger charge is -2.21. The van der Waals surface area contributed by atoms with Crippen LogP contribution in [-0.4, -0.2) is 43.5 Å². The molecular formula is C25H31N3O4. The highest BCUT2D eigenvalue weighted by Crippen LogP contribution is 2.25. The fourth-order valence-electron chi connectivity index (χ4n) is 3.68. The lowest BCUT2D eigenvalue weighted by molar-refractivity contribution is -0.150. The summed E-state index contributed by atoms with van der Waals surface area (Å²) in [5.41, 5.74) is 3.24. The zero-order valence-corrected chi connectivity index (χ0v) is 18.9. The molecule has 170 valence electrons. The zero-order chi connectivity index (χ0) is 23.1. The molecule has 0 saturated carbocycles. The van der Waals surface area contributed by atoms with Crippen molar-refractivity contribution < 1.29 is 19.1 Å². The highest BCUT2D eigenvalue weighted by molar-refractivity contribution is 5.97. The van der Waals surface area contributed by atoms with Crippen LogP contribution in [0, 0.1) is 12.8 Å². The van der Waals surface area contributed by atoms with Crippen molar-refractivity contribution in [2.75, 3.05) is 29.9 Å². The number of nitrogens with one attached hydrogen (secondary N) is 2. The Morgan fingerprint density at radius 1 is 1.03 bits per heavy atom. The fraction of sp³-hybridized carbons (Fsp3) is 0.400. The van der Waals surface area contributed by atoms with Gasteiger partial charge in [0.25, 0.3) is 11.8 Å². The van der Waals surface area contributed by atoms with E-state index >= 15 is 0 Å². The van der Waals surface area contributed by atoms with Gasteiger partial charge < -0.3 is 20.3 Å². The minimum Gasteiger partial charge on any atom is -0.454 e. The van der Waals surface area contributed by atoms with E-state index in [0.717, 1.165) is 24.3 Å². The summed E-state index contributed by atoms with van der Waals surface area (Å²) in [4.78, 5) is 39.6. The van der Waals surface area contributed by atoms with Crippen molar-refractivity contribution in [2.45, 2.75) is 39.7 Å². The Balaban J connectivity index is 1.53. The minimum absolute atomic E-state index is 0.196. The zero-order valence-electron chi connectivity index (χ0n) is 18.9. The first kappa shape index (κ1) is 23.3. The number of carbonyl (C=O) groups is 3. The van der Waals surface area contributed by atoms with Crippen LogP contribution in [0.5, 0.6) is 0 Å². The topological polar surface area (TPSA) is 87.7 Å². The first-order chi connectivity index (χ1) is 15.3. The molecule has 0 spiro atoms. The van der Waals surface area contributed by atoms with Crippen molar-refractivity contribution in [3.63, 3.8) is 0 Å². The molecule has 32 heavy (non-hydrogen) atoms. The quantitative estimate of drug-likeness (QED) is 0.617. The molecule has 1 fully saturated rings. The normalized spacial score (nSPS) is 14.2. The highest BCUT2D eigenvalue weighted by Gasteiger charge is 2.27. The Labute approximate surface area is 189 Å². The minimum atomic E-state index is -0.850. The van der Waals surface area contributed by atoms with E-state index in [1.54, 1.807) is 24.3 Å². The number of hydrogen-bond acceptors (Lipinski definition) is 5. The summed E-state index contributed by atoms with van der Waals surface area (Å²) < 4.78 is 5.21. The summed E-state index contributed by atoms with van der Waals surface area (Å²) in [6, 6.07) is 13.7. The van der Waals surface area contributed by atoms with Gasteiger partial charge in [-0.25, -0.2) is 4.79 Å². The van der Waals surface area contributed by atoms with Crippen LogP contribution in [0.4, 0.5) is 11.4 Å². The molecule has 2 amide bonds. The average molecular weight is 438 g/mol. The second-order valence-electron chi connectivity index (χ2n) is 8.41. The summed E-state index contributed by atoms with van der Waals surface area (Å²) in [7, 11) is 0. The van der Waals surface area contributed by atoms with E-state index in [9.17, 15) is 14.4 Å². The molecule has 2 aromatic rings. The van der Waals surface area contributed by atoms with Gasteiger partial charge in [-0.3, -0.25) is 9.59 Å². The number of amides is 2. The van der Waals surface area contributed by atoms with Crippen LogP contribution in [0.25, 0.3) is 0 Å². The molecule has 1 aliphatic rings. The molecule has 2 N–H and O–H groups in total. The van der Waals surface area contributed by atoms with Gasteiger partial charge in [-0.15, -0.1) is 0 Å². The standard InChI is InChI=1S/C25H31N3O4/c1-17(2)23(27-24(30)19-9-5-4-6-10-19)25(31)32-16-22(29)26-21-12-11-20(15-18(21)3)28-13-7-8-14-28/h4-6,9-12,15,17,23H,7-8,13-14,16H2,1-3H3,(H,26,29)(H,27,30)/t23-/m0/s1. The summed E-state index contributed by atoms with van der Waals surface area (Å²) in [5.74, 6) is -1.62. The summed E-state index contributed by atoms with van der Waals surface area (Å²) in [6.45, 7) is 7.24. The smallest absolute Gasteiger partial charge is 0.329 e. The van der Waals surface area contributed by atoms with Gasteiger partial charge >= 0.3 is 5.97 Å². The van der Waals surface area contributed by atoms with Gasteiger partial charge in [-0.2, -0.15) is 0 Å². The molecule has 1 heterocycles. The molecule has 1 aliphatic heterocycles. The van der Waals surface area contributed by atoms with Crippen molar-refractivity contribution in [2.24, 2.45) is 5.92 Å². The van der Waals surface area contributed by atoms with Crippen LogP contribution in [0.3, 0.4) is 0 Å². The summed E-state index contributed by atoms with van der Waals surface area (Å²) in [5, 5.41) is 5.49. The first-order valence-electron chi connectivity index (χ1n) is 11.0. The van der Waals surface area contributed by atoms with Crippen LogP contribution >= 0.6 is 0 Å². The van der Waals surface area contributed by atoms with Crippen molar-refractivity contribution in [1.82, 2.24) is 5.32 Å². The van der Waals surface area contributed by atoms with Crippen molar-refractivity contribution in [3.8, 4) is 0 Å². The molecule has 3 rings (SSSR count). The number of rotatable bonds is 8. The lowest BCUT2D eigenvalue weighted by Crippen LogP contribution is -2.45. The highest BCUT2D eigenvalue weighted by atomic mass is 16.5. The number of carbonyl (C=O) groups excluding carboxylic acids is 3. The number of nitrogens with zero attached hydrogens (tertiary/aromatic N) is 1. The predicted molar refractivity (Wildman–Crippen MR) is 125 cm³/mol. The Bertz CT molecular complexity index is 953. The van der Waals surface area contributed by atoms with Crippen LogP contribution in [0.15, 0.2) is 48.5 Å². The van der Waals surface area contributed by atoms with Crippen LogP contribution in [-0.2, 0) is 14.3 Å². The van der Waals surface area contributed by atoms with E-state index in [2.05, 4.69) is 21.6 Å². The summed E-state index contributed by atoms with van der Waals surface area (Å²) >= 11 is 0. The SMILES string of the molecule is Cc1cc(N2CCCC2)ccc1NC(=O)COC(=O)[C@@H](NC(=O)c1ccccc1)C(C)C. The van der Waals surface area contributed by atoms with E-state index in [0.29, 0.717) is 11.3 Å². The maximum atomic E-state index is 12.5. The van der Waals surface area contributed by atoms with Gasteiger partial charge in [0.1, 0.15) is 6.04 Å². The molecule has 7 heteroatoms. The van der Waals surface area contributed by atoms with E-state index in [1.165, 1.54) is 12.8 Å². The van der Waals surface area contributed by atoms with Crippen LogP contribution in [0.1, 0.15) is 42.6 Å². The van der Waals surface area contributed by atoms with Crippen molar-refractivity contribution >= 4 is 29.2 Å². The van der Waals surface area contributed by atoms with Gasteiger partial charge in [0.2, 0.25) is 0 Å².